The Morgan fingerprint density at radius 1 is 1.07 bits per heavy atom. The molecular formula is C32H30F6N6O2. The van der Waals surface area contributed by atoms with Gasteiger partial charge in [0.2, 0.25) is 0 Å². The lowest BCUT2D eigenvalue weighted by Crippen LogP contribution is -2.51. The largest absolute Gasteiger partial charge is 0.508 e. The van der Waals surface area contributed by atoms with Crippen molar-refractivity contribution in [2.45, 2.75) is 62.1 Å². The van der Waals surface area contributed by atoms with Crippen molar-refractivity contribution < 1.29 is 36.2 Å². The van der Waals surface area contributed by atoms with Crippen LogP contribution in [0.25, 0.3) is 32.9 Å². The fourth-order valence-electron chi connectivity index (χ4n) is 8.02. The lowest BCUT2D eigenvalue weighted by atomic mass is 9.95. The third-order valence-electron chi connectivity index (χ3n) is 9.98. The van der Waals surface area contributed by atoms with Crippen LogP contribution < -0.4 is 15.0 Å². The third-order valence-corrected chi connectivity index (χ3v) is 9.98. The predicted molar refractivity (Wildman–Crippen MR) is 158 cm³/mol. The standard InChI is InChI=1S/C32H30F6N6O2/c33-17-10-31(6-1-7-44(31)12-17)15-46-30-41-28-22(29(42-30)43-13-18-3-4-19(14-43)40-18)11-39-27(25(28)32(36,37)38)21-9-20(45)8-16-2-5-23(34)26(35)24(16)21/h2,5,8-9,11,17-19,40,45H,1,3-4,6-7,10,12-15H2/t17-,18?,19?,31+/m0/s1. The molecule has 2 aromatic carbocycles. The second-order valence-corrected chi connectivity index (χ2v) is 12.9. The van der Waals surface area contributed by atoms with Gasteiger partial charge in [-0.3, -0.25) is 9.88 Å². The number of aromatic nitrogens is 3. The molecule has 4 aromatic rings. The van der Waals surface area contributed by atoms with Crippen LogP contribution in [0.2, 0.25) is 0 Å². The summed E-state index contributed by atoms with van der Waals surface area (Å²) in [5.74, 6) is -2.86. The normalized spacial score (nSPS) is 26.4. The number of anilines is 1. The minimum Gasteiger partial charge on any atom is -0.508 e. The molecule has 8 nitrogen and oxygen atoms in total. The van der Waals surface area contributed by atoms with Gasteiger partial charge in [0.25, 0.3) is 0 Å². The van der Waals surface area contributed by atoms with E-state index in [0.717, 1.165) is 37.5 Å². The van der Waals surface area contributed by atoms with E-state index in [1.165, 1.54) is 12.3 Å². The molecule has 14 heteroatoms. The average Bonchev–Trinajstić information content (AvgIpc) is 3.66. The Kier molecular flexibility index (Phi) is 6.77. The summed E-state index contributed by atoms with van der Waals surface area (Å²) in [4.78, 5) is 17.0. The van der Waals surface area contributed by atoms with Gasteiger partial charge in [-0.15, -0.1) is 0 Å². The summed E-state index contributed by atoms with van der Waals surface area (Å²) in [5, 5.41) is 13.5. The highest BCUT2D eigenvalue weighted by atomic mass is 19.4. The molecule has 2 aromatic heterocycles. The molecule has 8 rings (SSSR count). The number of hydrogen-bond donors (Lipinski definition) is 2. The fourth-order valence-corrected chi connectivity index (χ4v) is 8.02. The number of rotatable bonds is 5. The Morgan fingerprint density at radius 2 is 1.85 bits per heavy atom. The molecular weight excluding hydrogens is 614 g/mol. The van der Waals surface area contributed by atoms with E-state index >= 15 is 17.6 Å². The van der Waals surface area contributed by atoms with Crippen molar-refractivity contribution in [3.8, 4) is 23.0 Å². The van der Waals surface area contributed by atoms with Crippen molar-refractivity contribution in [1.82, 2.24) is 25.2 Å². The zero-order chi connectivity index (χ0) is 32.0. The molecule has 46 heavy (non-hydrogen) atoms. The highest BCUT2D eigenvalue weighted by Gasteiger charge is 2.49. The number of nitrogens with zero attached hydrogens (tertiary/aromatic N) is 5. The van der Waals surface area contributed by atoms with E-state index in [0.29, 0.717) is 26.1 Å². The number of fused-ring (bicyclic) bond motifs is 5. The van der Waals surface area contributed by atoms with E-state index in [-0.39, 0.29) is 54.3 Å². The van der Waals surface area contributed by atoms with Crippen molar-refractivity contribution >= 4 is 27.5 Å². The Balaban J connectivity index is 1.33. The Labute approximate surface area is 259 Å². The minimum atomic E-state index is -5.07. The zero-order valence-corrected chi connectivity index (χ0v) is 24.5. The summed E-state index contributed by atoms with van der Waals surface area (Å²) in [7, 11) is 0. The highest BCUT2D eigenvalue weighted by molar-refractivity contribution is 6.02. The SMILES string of the molecule is Oc1cc(-c2ncc3c(N4CC5CCC(C4)N5)nc(OC[C@]45CCCN4C[C@@H](F)C5)nc3c2C(F)(F)F)c2c(F)c(F)ccc2c1. The summed E-state index contributed by atoms with van der Waals surface area (Å²) < 4.78 is 95.7. The van der Waals surface area contributed by atoms with E-state index in [9.17, 15) is 13.9 Å². The van der Waals surface area contributed by atoms with Crippen LogP contribution in [0.15, 0.2) is 30.5 Å². The lowest BCUT2D eigenvalue weighted by Gasteiger charge is -2.35. The van der Waals surface area contributed by atoms with Gasteiger partial charge in [0.05, 0.1) is 22.1 Å². The Morgan fingerprint density at radius 3 is 2.61 bits per heavy atom. The molecule has 6 heterocycles. The van der Waals surface area contributed by atoms with E-state index in [4.69, 9.17) is 4.74 Å². The number of phenols is 1. The number of piperazine rings is 1. The summed E-state index contributed by atoms with van der Waals surface area (Å²) in [5.41, 5.74) is -3.57. The number of hydrogen-bond acceptors (Lipinski definition) is 8. The number of aromatic hydroxyl groups is 1. The van der Waals surface area contributed by atoms with Crippen LogP contribution in [-0.2, 0) is 6.18 Å². The first-order chi connectivity index (χ1) is 22.0. The second kappa shape index (κ2) is 10.6. The first-order valence-electron chi connectivity index (χ1n) is 15.4. The van der Waals surface area contributed by atoms with E-state index in [1.54, 1.807) is 0 Å². The maximum atomic E-state index is 15.2. The number of alkyl halides is 4. The van der Waals surface area contributed by atoms with Gasteiger partial charge in [-0.2, -0.15) is 23.1 Å². The smallest absolute Gasteiger partial charge is 0.420 e. The zero-order valence-electron chi connectivity index (χ0n) is 24.5. The first-order valence-corrected chi connectivity index (χ1v) is 15.4. The number of pyridine rings is 1. The molecule has 0 radical (unpaired) electrons. The van der Waals surface area contributed by atoms with E-state index in [2.05, 4.69) is 20.3 Å². The molecule has 0 aliphatic carbocycles. The Bertz CT molecular complexity index is 1860. The van der Waals surface area contributed by atoms with Crippen molar-refractivity contribution in [3.05, 3.63) is 47.7 Å². The van der Waals surface area contributed by atoms with Crippen LogP contribution in [0.3, 0.4) is 0 Å². The van der Waals surface area contributed by atoms with Crippen LogP contribution in [0.1, 0.15) is 37.7 Å². The topological polar surface area (TPSA) is 86.6 Å². The van der Waals surface area contributed by atoms with Crippen molar-refractivity contribution in [2.75, 3.05) is 37.7 Å². The number of nitrogens with one attached hydrogen (secondary N) is 1. The van der Waals surface area contributed by atoms with Gasteiger partial charge in [-0.05, 0) is 55.8 Å². The van der Waals surface area contributed by atoms with Crippen LogP contribution >= 0.6 is 0 Å². The highest BCUT2D eigenvalue weighted by Crippen LogP contribution is 2.46. The molecule has 242 valence electrons. The molecule has 2 N–H and O–H groups in total. The molecule has 2 bridgehead atoms. The van der Waals surface area contributed by atoms with Crippen molar-refractivity contribution in [2.24, 2.45) is 0 Å². The molecule has 4 aliphatic rings. The maximum Gasteiger partial charge on any atom is 0.420 e. The maximum absolute atomic E-state index is 15.2. The summed E-state index contributed by atoms with van der Waals surface area (Å²) in [6.07, 6.45) is -1.27. The molecule has 4 atom stereocenters. The van der Waals surface area contributed by atoms with Gasteiger partial charge in [-0.1, -0.05) is 6.07 Å². The predicted octanol–water partition coefficient (Wildman–Crippen LogP) is 5.74. The van der Waals surface area contributed by atoms with E-state index in [1.807, 2.05) is 9.80 Å². The number of ether oxygens (including phenoxy) is 1. The van der Waals surface area contributed by atoms with Crippen LogP contribution in [0, 0.1) is 11.6 Å². The average molecular weight is 645 g/mol. The number of benzene rings is 2. The summed E-state index contributed by atoms with van der Waals surface area (Å²) in [6, 6.07) is 4.05. The quantitative estimate of drug-likeness (QED) is 0.266. The second-order valence-electron chi connectivity index (χ2n) is 12.9. The molecule has 4 fully saturated rings. The molecule has 0 amide bonds. The molecule has 4 saturated heterocycles. The third kappa shape index (κ3) is 4.79. The summed E-state index contributed by atoms with van der Waals surface area (Å²) in [6.45, 7) is 1.98. The van der Waals surface area contributed by atoms with Gasteiger partial charge in [0, 0.05) is 55.3 Å². The number of phenolic OH excluding ortho intramolecular Hbond substituents is 1. The molecule has 0 saturated carbocycles. The van der Waals surface area contributed by atoms with Gasteiger partial charge in [0.15, 0.2) is 11.6 Å². The van der Waals surface area contributed by atoms with Gasteiger partial charge in [0.1, 0.15) is 29.9 Å². The molecule has 4 aliphatic heterocycles. The molecule has 2 unspecified atom stereocenters. The Hall–Kier alpha value is -3.91. The van der Waals surface area contributed by atoms with Gasteiger partial charge >= 0.3 is 12.2 Å². The lowest BCUT2D eigenvalue weighted by molar-refractivity contribution is -0.136. The van der Waals surface area contributed by atoms with Crippen molar-refractivity contribution in [1.29, 1.82) is 0 Å². The molecule has 0 spiro atoms. The first kappa shape index (κ1) is 29.5. The van der Waals surface area contributed by atoms with Crippen molar-refractivity contribution in [3.63, 3.8) is 0 Å². The monoisotopic (exact) mass is 644 g/mol. The summed E-state index contributed by atoms with van der Waals surface area (Å²) >= 11 is 0. The van der Waals surface area contributed by atoms with Gasteiger partial charge in [-0.25, -0.2) is 13.2 Å². The fraction of sp³-hybridized carbons (Fsp3) is 0.469. The van der Waals surface area contributed by atoms with Crippen LogP contribution in [0.4, 0.5) is 32.2 Å². The van der Waals surface area contributed by atoms with Crippen LogP contribution in [0.5, 0.6) is 11.8 Å². The van der Waals surface area contributed by atoms with E-state index < -0.39 is 63.0 Å². The van der Waals surface area contributed by atoms with Crippen LogP contribution in [-0.4, -0.2) is 81.5 Å². The minimum absolute atomic E-state index is 0.00397. The number of halogens is 6. The van der Waals surface area contributed by atoms with Gasteiger partial charge < -0.3 is 20.1 Å².